The van der Waals surface area contributed by atoms with Crippen molar-refractivity contribution in [2.75, 3.05) is 18.1 Å². The molecule has 0 aliphatic rings. The van der Waals surface area contributed by atoms with Crippen LogP contribution in [0.15, 0.2) is 47.4 Å². The Morgan fingerprint density at radius 3 is 2.47 bits per heavy atom. The fourth-order valence-electron chi connectivity index (χ4n) is 2.76. The summed E-state index contributed by atoms with van der Waals surface area (Å²) in [5, 5.41) is 9.12. The Morgan fingerprint density at radius 1 is 1.23 bits per heavy atom. The van der Waals surface area contributed by atoms with Gasteiger partial charge in [0, 0.05) is 18.3 Å². The van der Waals surface area contributed by atoms with E-state index < -0.39 is 15.9 Å². The highest BCUT2D eigenvalue weighted by atomic mass is 35.5. The molecule has 7 nitrogen and oxygen atoms in total. The minimum absolute atomic E-state index is 0.0372. The third-order valence-electron chi connectivity index (χ3n) is 4.02. The van der Waals surface area contributed by atoms with Gasteiger partial charge in [-0.15, -0.1) is 0 Å². The zero-order valence-corrected chi connectivity index (χ0v) is 18.6. The van der Waals surface area contributed by atoms with Gasteiger partial charge in [0.1, 0.15) is 5.75 Å². The number of rotatable bonds is 9. The van der Waals surface area contributed by atoms with Crippen LogP contribution in [0.1, 0.15) is 37.6 Å². The molecule has 9 heteroatoms. The summed E-state index contributed by atoms with van der Waals surface area (Å²) in [5.41, 5.74) is 0.582. The third-order valence-corrected chi connectivity index (χ3v) is 6.01. The van der Waals surface area contributed by atoms with Crippen molar-refractivity contribution in [3.8, 4) is 11.8 Å². The van der Waals surface area contributed by atoms with Crippen LogP contribution in [0.4, 0.5) is 5.69 Å². The van der Waals surface area contributed by atoms with E-state index in [2.05, 4.69) is 4.72 Å². The van der Waals surface area contributed by atoms with Gasteiger partial charge < -0.3 is 9.64 Å². The quantitative estimate of drug-likeness (QED) is 0.624. The van der Waals surface area contributed by atoms with Crippen molar-refractivity contribution in [3.05, 3.63) is 53.1 Å². The van der Waals surface area contributed by atoms with Crippen LogP contribution in [-0.2, 0) is 10.0 Å². The number of nitrogens with one attached hydrogen (secondary N) is 1. The molecule has 30 heavy (non-hydrogen) atoms. The number of hydrogen-bond acceptors (Lipinski definition) is 5. The molecule has 0 saturated heterocycles. The molecule has 2 rings (SSSR count). The van der Waals surface area contributed by atoms with E-state index in [1.54, 1.807) is 38.1 Å². The van der Waals surface area contributed by atoms with Crippen LogP contribution in [0.2, 0.25) is 5.02 Å². The Morgan fingerprint density at radius 2 is 1.90 bits per heavy atom. The SMILES string of the molecule is CCOc1ccc(N(CCC#N)C(=O)c2cc(S(=O)(=O)NC(C)C)ccc2Cl)cc1. The van der Waals surface area contributed by atoms with Gasteiger partial charge in [-0.05, 0) is 63.2 Å². The predicted octanol–water partition coefficient (Wildman–Crippen LogP) is 3.99. The first-order valence-corrected chi connectivity index (χ1v) is 11.3. The van der Waals surface area contributed by atoms with Gasteiger partial charge in [-0.1, -0.05) is 11.6 Å². The van der Waals surface area contributed by atoms with E-state index in [4.69, 9.17) is 21.6 Å². The van der Waals surface area contributed by atoms with Gasteiger partial charge in [0.05, 0.1) is 34.6 Å². The smallest absolute Gasteiger partial charge is 0.259 e. The molecule has 0 aromatic heterocycles. The van der Waals surface area contributed by atoms with Crippen LogP contribution in [-0.4, -0.2) is 33.5 Å². The molecule has 0 fully saturated rings. The van der Waals surface area contributed by atoms with Crippen LogP contribution in [0.25, 0.3) is 0 Å². The molecular weight excluding hydrogens is 426 g/mol. The molecule has 0 unspecified atom stereocenters. The number of amides is 1. The topological polar surface area (TPSA) is 99.5 Å². The summed E-state index contributed by atoms with van der Waals surface area (Å²) in [6.07, 6.45) is 0.101. The zero-order valence-electron chi connectivity index (χ0n) is 17.1. The number of ether oxygens (including phenoxy) is 1. The molecule has 2 aromatic carbocycles. The van der Waals surface area contributed by atoms with E-state index in [1.165, 1.54) is 23.1 Å². The molecule has 0 radical (unpaired) electrons. The van der Waals surface area contributed by atoms with E-state index >= 15 is 0 Å². The summed E-state index contributed by atoms with van der Waals surface area (Å²) in [5.74, 6) is 0.154. The minimum Gasteiger partial charge on any atom is -0.494 e. The number of anilines is 1. The third kappa shape index (κ3) is 5.95. The summed E-state index contributed by atoms with van der Waals surface area (Å²) in [6, 6.07) is 12.5. The Kier molecular flexibility index (Phi) is 8.24. The monoisotopic (exact) mass is 449 g/mol. The lowest BCUT2D eigenvalue weighted by Gasteiger charge is -2.23. The second kappa shape index (κ2) is 10.4. The normalized spacial score (nSPS) is 11.2. The van der Waals surface area contributed by atoms with Gasteiger partial charge in [0.15, 0.2) is 0 Å². The lowest BCUT2D eigenvalue weighted by Crippen LogP contribution is -2.33. The molecule has 0 atom stereocenters. The summed E-state index contributed by atoms with van der Waals surface area (Å²) < 4.78 is 32.9. The molecule has 0 bridgehead atoms. The first-order chi connectivity index (χ1) is 14.2. The lowest BCUT2D eigenvalue weighted by molar-refractivity contribution is 0.0987. The lowest BCUT2D eigenvalue weighted by atomic mass is 10.1. The standard InChI is InChI=1S/C21H24ClN3O4S/c1-4-29-17-8-6-16(7-9-17)25(13-5-12-23)21(26)19-14-18(10-11-20(19)22)30(27,28)24-15(2)3/h6-11,14-15,24H,4-5,13H2,1-3H3. The predicted molar refractivity (Wildman–Crippen MR) is 116 cm³/mol. The van der Waals surface area contributed by atoms with Crippen LogP contribution in [0.5, 0.6) is 5.75 Å². The average Bonchev–Trinajstić information content (AvgIpc) is 2.68. The van der Waals surface area contributed by atoms with Crippen LogP contribution >= 0.6 is 11.6 Å². The van der Waals surface area contributed by atoms with E-state index in [0.717, 1.165) is 0 Å². The molecule has 0 heterocycles. The molecule has 2 aromatic rings. The maximum atomic E-state index is 13.3. The fraction of sp³-hybridized carbons (Fsp3) is 0.333. The molecule has 0 saturated carbocycles. The average molecular weight is 450 g/mol. The van der Waals surface area contributed by atoms with Crippen molar-refractivity contribution < 1.29 is 17.9 Å². The van der Waals surface area contributed by atoms with E-state index in [9.17, 15) is 13.2 Å². The number of hydrogen-bond donors (Lipinski definition) is 1. The maximum absolute atomic E-state index is 13.3. The van der Waals surface area contributed by atoms with Crippen molar-refractivity contribution in [2.45, 2.75) is 38.1 Å². The minimum atomic E-state index is -3.80. The Labute approximate surface area is 182 Å². The first-order valence-electron chi connectivity index (χ1n) is 9.43. The van der Waals surface area contributed by atoms with Gasteiger partial charge in [-0.25, -0.2) is 13.1 Å². The zero-order chi connectivity index (χ0) is 22.3. The number of nitriles is 1. The molecule has 160 valence electrons. The molecule has 0 aliphatic heterocycles. The van der Waals surface area contributed by atoms with Crippen molar-refractivity contribution >= 4 is 33.2 Å². The van der Waals surface area contributed by atoms with E-state index in [1.807, 2.05) is 13.0 Å². The second-order valence-corrected chi connectivity index (χ2v) is 8.83. The van der Waals surface area contributed by atoms with Crippen LogP contribution < -0.4 is 14.4 Å². The fourth-order valence-corrected chi connectivity index (χ4v) is 4.23. The van der Waals surface area contributed by atoms with Crippen molar-refractivity contribution in [3.63, 3.8) is 0 Å². The van der Waals surface area contributed by atoms with Gasteiger partial charge in [0.25, 0.3) is 5.91 Å². The van der Waals surface area contributed by atoms with E-state index in [-0.39, 0.29) is 34.5 Å². The van der Waals surface area contributed by atoms with E-state index in [0.29, 0.717) is 18.0 Å². The Hall–Kier alpha value is -2.60. The Balaban J connectivity index is 2.44. The van der Waals surface area contributed by atoms with Crippen LogP contribution in [0.3, 0.4) is 0 Å². The Bertz CT molecular complexity index is 1030. The number of nitrogens with zero attached hydrogens (tertiary/aromatic N) is 2. The molecular formula is C21H24ClN3O4S. The van der Waals surface area contributed by atoms with Crippen molar-refractivity contribution in [1.29, 1.82) is 5.26 Å². The highest BCUT2D eigenvalue weighted by Crippen LogP contribution is 2.26. The largest absolute Gasteiger partial charge is 0.494 e. The van der Waals surface area contributed by atoms with Gasteiger partial charge >= 0.3 is 0 Å². The molecule has 0 aliphatic carbocycles. The molecule has 1 amide bonds. The highest BCUT2D eigenvalue weighted by molar-refractivity contribution is 7.89. The number of carbonyl (C=O) groups excluding carboxylic acids is 1. The summed E-state index contributed by atoms with van der Waals surface area (Å²) >= 11 is 6.23. The first kappa shape index (κ1) is 23.7. The van der Waals surface area contributed by atoms with Crippen molar-refractivity contribution in [1.82, 2.24) is 4.72 Å². The maximum Gasteiger partial charge on any atom is 0.259 e. The van der Waals surface area contributed by atoms with Crippen molar-refractivity contribution in [2.24, 2.45) is 0 Å². The van der Waals surface area contributed by atoms with Gasteiger partial charge in [-0.3, -0.25) is 4.79 Å². The van der Waals surface area contributed by atoms with Gasteiger partial charge in [-0.2, -0.15) is 5.26 Å². The summed E-state index contributed by atoms with van der Waals surface area (Å²) in [4.78, 5) is 14.6. The second-order valence-electron chi connectivity index (χ2n) is 6.71. The molecule has 1 N–H and O–H groups in total. The summed E-state index contributed by atoms with van der Waals surface area (Å²) in [7, 11) is -3.80. The number of benzene rings is 2. The highest BCUT2D eigenvalue weighted by Gasteiger charge is 2.24. The number of halogens is 1. The number of carbonyl (C=O) groups is 1. The van der Waals surface area contributed by atoms with Gasteiger partial charge in [0.2, 0.25) is 10.0 Å². The summed E-state index contributed by atoms with van der Waals surface area (Å²) in [6.45, 7) is 5.91. The van der Waals surface area contributed by atoms with Crippen LogP contribution in [0, 0.1) is 11.3 Å². The molecule has 0 spiro atoms. The number of sulfonamides is 1.